The lowest BCUT2D eigenvalue weighted by molar-refractivity contribution is -0.432. The van der Waals surface area contributed by atoms with Gasteiger partial charge in [0.15, 0.2) is 12.0 Å². The van der Waals surface area contributed by atoms with Crippen LogP contribution in [0.5, 0.6) is 0 Å². The van der Waals surface area contributed by atoms with Crippen molar-refractivity contribution in [1.29, 1.82) is 0 Å². The first-order chi connectivity index (χ1) is 16.0. The van der Waals surface area contributed by atoms with E-state index >= 15 is 4.39 Å². The SMILES string of the molecule is CC(C)[Si](C(C)C)(C(C)C)C(F)C(F)(F)C(F)(F)C(F)(F)C(F)(F)C(F)(F)C(F)(F)C(F)C(F)C(F)F. The topological polar surface area (TPSA) is 0 Å². The minimum Gasteiger partial charge on any atom is -0.245 e. The lowest BCUT2D eigenvalue weighted by Crippen LogP contribution is -2.75. The predicted molar refractivity (Wildman–Crippen MR) is 101 cm³/mol. The van der Waals surface area contributed by atoms with Crippen LogP contribution in [0.2, 0.25) is 16.6 Å². The van der Waals surface area contributed by atoms with Crippen molar-refractivity contribution in [3.63, 3.8) is 0 Å². The molecule has 0 spiro atoms. The first-order valence-corrected chi connectivity index (χ1v) is 12.8. The van der Waals surface area contributed by atoms with E-state index in [4.69, 9.17) is 0 Å². The summed E-state index contributed by atoms with van der Waals surface area (Å²) >= 11 is 0. The Kier molecular flexibility index (Phi) is 10.3. The van der Waals surface area contributed by atoms with Crippen molar-refractivity contribution in [3.8, 4) is 0 Å². The van der Waals surface area contributed by atoms with Gasteiger partial charge in [0.2, 0.25) is 6.17 Å². The van der Waals surface area contributed by atoms with Crippen LogP contribution in [0.15, 0.2) is 0 Å². The van der Waals surface area contributed by atoms with Gasteiger partial charge in [-0.25, -0.2) is 22.0 Å². The van der Waals surface area contributed by atoms with Gasteiger partial charge < -0.3 is 0 Å². The van der Waals surface area contributed by atoms with Crippen LogP contribution >= 0.6 is 0 Å². The molecule has 0 aromatic heterocycles. The highest BCUT2D eigenvalue weighted by Crippen LogP contribution is 2.63. The molecule has 37 heavy (non-hydrogen) atoms. The molecule has 0 heterocycles. The van der Waals surface area contributed by atoms with Crippen molar-refractivity contribution < 1.29 is 74.6 Å². The summed E-state index contributed by atoms with van der Waals surface area (Å²) in [6, 6.07) is 0. The smallest absolute Gasteiger partial charge is 0.245 e. The van der Waals surface area contributed by atoms with Crippen LogP contribution in [0.3, 0.4) is 0 Å². The average molecular weight is 604 g/mol. The summed E-state index contributed by atoms with van der Waals surface area (Å²) in [7, 11) is -4.65. The van der Waals surface area contributed by atoms with Crippen molar-refractivity contribution in [1.82, 2.24) is 0 Å². The molecule has 0 fully saturated rings. The van der Waals surface area contributed by atoms with Crippen molar-refractivity contribution in [3.05, 3.63) is 0 Å². The zero-order valence-corrected chi connectivity index (χ0v) is 21.0. The molecule has 0 rings (SSSR count). The second-order valence-corrected chi connectivity index (χ2v) is 15.5. The van der Waals surface area contributed by atoms with Gasteiger partial charge in [-0.1, -0.05) is 41.5 Å². The number of halogens is 17. The van der Waals surface area contributed by atoms with Crippen LogP contribution < -0.4 is 0 Å². The van der Waals surface area contributed by atoms with Gasteiger partial charge in [-0.05, 0) is 16.6 Å². The molecule has 0 saturated heterocycles. The van der Waals surface area contributed by atoms with Crippen molar-refractivity contribution in [2.24, 2.45) is 0 Å². The lowest BCUT2D eigenvalue weighted by Gasteiger charge is -2.49. The quantitative estimate of drug-likeness (QED) is 0.145. The van der Waals surface area contributed by atoms with Crippen LogP contribution in [0.4, 0.5) is 74.6 Å². The Hall–Kier alpha value is -0.973. The van der Waals surface area contributed by atoms with E-state index in [1.165, 1.54) is 0 Å². The van der Waals surface area contributed by atoms with E-state index in [1.54, 1.807) is 0 Å². The summed E-state index contributed by atoms with van der Waals surface area (Å²) in [6.45, 7) is 6.20. The fourth-order valence-electron chi connectivity index (χ4n) is 4.66. The van der Waals surface area contributed by atoms with Gasteiger partial charge >= 0.3 is 35.5 Å². The Morgan fingerprint density at radius 2 is 0.703 bits per heavy atom. The molecule has 0 aromatic rings. The molecule has 0 aliphatic heterocycles. The van der Waals surface area contributed by atoms with Gasteiger partial charge in [0.05, 0.1) is 0 Å². The van der Waals surface area contributed by atoms with Gasteiger partial charge in [0.25, 0.3) is 6.43 Å². The Balaban J connectivity index is 7.04. The van der Waals surface area contributed by atoms with Crippen LogP contribution in [0.1, 0.15) is 41.5 Å². The van der Waals surface area contributed by atoms with E-state index < -0.39 is 84.8 Å². The number of hydrogen-bond donors (Lipinski definition) is 0. The highest BCUT2D eigenvalue weighted by Gasteiger charge is 2.92. The summed E-state index contributed by atoms with van der Waals surface area (Å²) in [5, 5.41) is 0. The van der Waals surface area contributed by atoms with E-state index in [9.17, 15) is 70.2 Å². The third-order valence-corrected chi connectivity index (χ3v) is 13.9. The molecule has 0 aromatic carbocycles. The Labute approximate surface area is 202 Å². The molecule has 224 valence electrons. The van der Waals surface area contributed by atoms with Gasteiger partial charge in [-0.2, -0.15) is 52.7 Å². The molecule has 3 unspecified atom stereocenters. The molecule has 0 aliphatic carbocycles. The van der Waals surface area contributed by atoms with Crippen molar-refractivity contribution in [2.75, 3.05) is 0 Å². The Morgan fingerprint density at radius 1 is 0.432 bits per heavy atom. The van der Waals surface area contributed by atoms with E-state index in [0.29, 0.717) is 0 Å². The molecule has 3 atom stereocenters. The minimum atomic E-state index is -8.35. The van der Waals surface area contributed by atoms with Crippen LogP contribution in [-0.4, -0.2) is 68.2 Å². The maximum Gasteiger partial charge on any atom is 0.384 e. The third kappa shape index (κ3) is 4.93. The zero-order chi connectivity index (χ0) is 30.5. The Morgan fingerprint density at radius 3 is 0.946 bits per heavy atom. The molecule has 0 saturated carbocycles. The summed E-state index contributed by atoms with van der Waals surface area (Å²) in [4.78, 5) is 0. The standard InChI is InChI=1S/C19H25F17Si/c1-7(2)37(8(3)4,9(5)6)13(24)15(27,28)17(31,32)19(35,36)18(33,34)16(29,30)14(25,26)11(21)10(20)12(22)23/h7-13H,1-6H3. The molecule has 0 amide bonds. The Bertz CT molecular complexity index is 740. The zero-order valence-electron chi connectivity index (χ0n) is 20.0. The van der Waals surface area contributed by atoms with Crippen LogP contribution in [-0.2, 0) is 0 Å². The number of rotatable bonds is 13. The molecule has 0 N–H and O–H groups in total. The summed E-state index contributed by atoms with van der Waals surface area (Å²) in [6.07, 6.45) is -15.6. The molecule has 0 nitrogen and oxygen atoms in total. The molecule has 0 radical (unpaired) electrons. The second-order valence-electron chi connectivity index (χ2n) is 9.55. The third-order valence-electron chi connectivity index (χ3n) is 6.64. The van der Waals surface area contributed by atoms with E-state index in [0.717, 1.165) is 41.5 Å². The van der Waals surface area contributed by atoms with Crippen LogP contribution in [0.25, 0.3) is 0 Å². The highest BCUT2D eigenvalue weighted by molar-refractivity contribution is 6.84. The molecular weight excluding hydrogens is 579 g/mol. The van der Waals surface area contributed by atoms with Gasteiger partial charge in [-0.3, -0.25) is 0 Å². The van der Waals surface area contributed by atoms with Gasteiger partial charge in [0, 0.05) is 0 Å². The van der Waals surface area contributed by atoms with Crippen LogP contribution in [0, 0.1) is 0 Å². The molecule has 0 bridgehead atoms. The highest BCUT2D eigenvalue weighted by atomic mass is 28.3. The summed E-state index contributed by atoms with van der Waals surface area (Å²) < 4.78 is 235. The van der Waals surface area contributed by atoms with Gasteiger partial charge in [-0.15, -0.1) is 0 Å². The first kappa shape index (κ1) is 36.0. The van der Waals surface area contributed by atoms with E-state index in [1.807, 2.05) is 0 Å². The lowest BCUT2D eigenvalue weighted by atomic mass is 9.89. The maximum atomic E-state index is 15.2. The summed E-state index contributed by atoms with van der Waals surface area (Å²) in [5.41, 5.74) is -3.81. The normalized spacial score (nSPS) is 18.2. The van der Waals surface area contributed by atoms with Crippen molar-refractivity contribution in [2.45, 2.75) is 118 Å². The average Bonchev–Trinajstić information content (AvgIpc) is 2.70. The van der Waals surface area contributed by atoms with E-state index in [-0.39, 0.29) is 0 Å². The second kappa shape index (κ2) is 10.5. The maximum absolute atomic E-state index is 15.2. The van der Waals surface area contributed by atoms with E-state index in [2.05, 4.69) is 0 Å². The monoisotopic (exact) mass is 604 g/mol. The minimum absolute atomic E-state index is 1.03. The first-order valence-electron chi connectivity index (χ1n) is 10.5. The fraction of sp³-hybridized carbons (Fsp3) is 1.00. The largest absolute Gasteiger partial charge is 0.384 e. The van der Waals surface area contributed by atoms with Gasteiger partial charge in [0.1, 0.15) is 8.07 Å². The molecular formula is C19H25F17Si. The predicted octanol–water partition coefficient (Wildman–Crippen LogP) is 9.30. The molecule has 0 aliphatic rings. The fourth-order valence-corrected chi connectivity index (χ4v) is 11.2. The van der Waals surface area contributed by atoms with Crippen molar-refractivity contribution >= 4 is 8.07 Å². The number of hydrogen-bond acceptors (Lipinski definition) is 0. The number of alkyl halides is 17. The summed E-state index contributed by atoms with van der Waals surface area (Å²) in [5.74, 6) is -51.4. The molecule has 18 heteroatoms.